The molecule has 7 nitrogen and oxygen atoms in total. The van der Waals surface area contributed by atoms with Crippen molar-refractivity contribution >= 4 is 39.0 Å². The molecule has 3 aromatic rings. The van der Waals surface area contributed by atoms with Crippen molar-refractivity contribution in [1.82, 2.24) is 19.9 Å². The summed E-state index contributed by atoms with van der Waals surface area (Å²) in [5, 5.41) is 8.62. The second-order valence-corrected chi connectivity index (χ2v) is 6.66. The predicted octanol–water partition coefficient (Wildman–Crippen LogP) is 2.60. The minimum atomic E-state index is 0.398. The molecule has 1 aliphatic heterocycles. The summed E-state index contributed by atoms with van der Waals surface area (Å²) in [5.74, 6) is 2.73. The smallest absolute Gasteiger partial charge is 0.147 e. The van der Waals surface area contributed by atoms with Crippen molar-refractivity contribution in [3.63, 3.8) is 0 Å². The Hall–Kier alpha value is -2.48. The molecule has 2 N–H and O–H groups in total. The molecule has 1 saturated heterocycles. The zero-order valence-electron chi connectivity index (χ0n) is 13.4. The molecule has 8 heteroatoms. The third-order valence-corrected chi connectivity index (χ3v) is 5.24. The van der Waals surface area contributed by atoms with Gasteiger partial charge < -0.3 is 15.5 Å². The van der Waals surface area contributed by atoms with Crippen LogP contribution in [-0.4, -0.2) is 46.1 Å². The first-order valence-electron chi connectivity index (χ1n) is 8.03. The molecule has 0 aromatic carbocycles. The van der Waals surface area contributed by atoms with Crippen molar-refractivity contribution in [3.8, 4) is 0 Å². The van der Waals surface area contributed by atoms with Crippen LogP contribution in [0, 0.1) is 0 Å². The number of hydrogen-bond acceptors (Lipinski definition) is 8. The van der Waals surface area contributed by atoms with Gasteiger partial charge in [0.05, 0.1) is 10.2 Å². The van der Waals surface area contributed by atoms with E-state index < -0.39 is 0 Å². The third kappa shape index (κ3) is 2.84. The van der Waals surface area contributed by atoms with Crippen molar-refractivity contribution in [1.29, 1.82) is 0 Å². The molecule has 4 rings (SSSR count). The second kappa shape index (κ2) is 6.56. The molecule has 1 fully saturated rings. The Kier molecular flexibility index (Phi) is 4.12. The van der Waals surface area contributed by atoms with Crippen LogP contribution in [0.5, 0.6) is 0 Å². The molecule has 0 bridgehead atoms. The zero-order chi connectivity index (χ0) is 16.4. The van der Waals surface area contributed by atoms with Crippen LogP contribution in [0.25, 0.3) is 10.2 Å². The summed E-state index contributed by atoms with van der Waals surface area (Å²) in [6.45, 7) is 1.85. The average molecular weight is 341 g/mol. The van der Waals surface area contributed by atoms with Crippen LogP contribution in [-0.2, 0) is 0 Å². The summed E-state index contributed by atoms with van der Waals surface area (Å²) < 4.78 is 1.11. The van der Waals surface area contributed by atoms with E-state index in [9.17, 15) is 0 Å². The first-order valence-corrected chi connectivity index (χ1v) is 8.91. The summed E-state index contributed by atoms with van der Waals surface area (Å²) in [6, 6.07) is 4.42. The summed E-state index contributed by atoms with van der Waals surface area (Å²) in [4.78, 5) is 19.7. The van der Waals surface area contributed by atoms with Gasteiger partial charge in [0.1, 0.15) is 30.1 Å². The number of nitrogens with zero attached hydrogens (tertiary/aromatic N) is 5. The Bertz CT molecular complexity index is 834. The fourth-order valence-corrected chi connectivity index (χ4v) is 3.93. The first-order chi connectivity index (χ1) is 11.8. The maximum Gasteiger partial charge on any atom is 0.147 e. The Balaban J connectivity index is 1.50. The van der Waals surface area contributed by atoms with E-state index in [0.717, 1.165) is 47.2 Å². The van der Waals surface area contributed by atoms with Crippen molar-refractivity contribution in [2.45, 2.75) is 18.9 Å². The van der Waals surface area contributed by atoms with Crippen LogP contribution >= 0.6 is 11.3 Å². The van der Waals surface area contributed by atoms with Crippen LogP contribution in [0.15, 0.2) is 30.2 Å². The lowest BCUT2D eigenvalue weighted by Gasteiger charge is -2.26. The molecular weight excluding hydrogens is 322 g/mol. The van der Waals surface area contributed by atoms with Gasteiger partial charge in [-0.25, -0.2) is 19.9 Å². The number of aromatic nitrogens is 4. The van der Waals surface area contributed by atoms with E-state index in [1.54, 1.807) is 24.0 Å². The minimum Gasteiger partial charge on any atom is -0.373 e. The highest BCUT2D eigenvalue weighted by Crippen LogP contribution is 2.27. The van der Waals surface area contributed by atoms with Crippen molar-refractivity contribution in [2.75, 3.05) is 35.7 Å². The highest BCUT2D eigenvalue weighted by molar-refractivity contribution is 7.17. The monoisotopic (exact) mass is 341 g/mol. The molecule has 0 saturated carbocycles. The van der Waals surface area contributed by atoms with Gasteiger partial charge in [0.25, 0.3) is 0 Å². The Labute approximate surface area is 144 Å². The first kappa shape index (κ1) is 15.1. The van der Waals surface area contributed by atoms with Gasteiger partial charge in [-0.05, 0) is 24.3 Å². The fraction of sp³-hybridized carbons (Fsp3) is 0.375. The van der Waals surface area contributed by atoms with Gasteiger partial charge in [-0.2, -0.15) is 0 Å². The van der Waals surface area contributed by atoms with Gasteiger partial charge in [-0.15, -0.1) is 11.3 Å². The van der Waals surface area contributed by atoms with E-state index in [4.69, 9.17) is 0 Å². The summed E-state index contributed by atoms with van der Waals surface area (Å²) >= 11 is 1.67. The molecule has 1 unspecified atom stereocenters. The quantitative estimate of drug-likeness (QED) is 0.738. The minimum absolute atomic E-state index is 0.398. The molecule has 4 heterocycles. The van der Waals surface area contributed by atoms with Gasteiger partial charge in [-0.3, -0.25) is 0 Å². The van der Waals surface area contributed by atoms with Crippen LogP contribution in [0.1, 0.15) is 12.8 Å². The van der Waals surface area contributed by atoms with E-state index in [0.29, 0.717) is 6.04 Å². The number of thiophene rings is 1. The average Bonchev–Trinajstić information content (AvgIpc) is 3.29. The molecule has 0 radical (unpaired) electrons. The summed E-state index contributed by atoms with van der Waals surface area (Å²) in [7, 11) is 1.87. The van der Waals surface area contributed by atoms with E-state index >= 15 is 0 Å². The molecule has 24 heavy (non-hydrogen) atoms. The number of anilines is 3. The van der Waals surface area contributed by atoms with Gasteiger partial charge in [0, 0.05) is 32.2 Å². The number of nitrogens with one attached hydrogen (secondary N) is 2. The maximum atomic E-state index is 4.44. The molecule has 0 spiro atoms. The Morgan fingerprint density at radius 1 is 1.25 bits per heavy atom. The SMILES string of the molecule is CNc1cc(N2CCCC2CNc2ncnc3ccsc23)ncn1. The molecule has 124 valence electrons. The third-order valence-electron chi connectivity index (χ3n) is 4.33. The van der Waals surface area contributed by atoms with Crippen molar-refractivity contribution in [3.05, 3.63) is 30.2 Å². The molecule has 0 amide bonds. The van der Waals surface area contributed by atoms with E-state index in [1.807, 2.05) is 24.6 Å². The highest BCUT2D eigenvalue weighted by atomic mass is 32.1. The summed E-state index contributed by atoms with van der Waals surface area (Å²) in [5.41, 5.74) is 0.996. The van der Waals surface area contributed by atoms with Gasteiger partial charge >= 0.3 is 0 Å². The van der Waals surface area contributed by atoms with Crippen molar-refractivity contribution in [2.24, 2.45) is 0 Å². The van der Waals surface area contributed by atoms with E-state index in [-0.39, 0.29) is 0 Å². The van der Waals surface area contributed by atoms with E-state index in [2.05, 4.69) is 35.5 Å². The molecule has 0 aliphatic carbocycles. The van der Waals surface area contributed by atoms with Gasteiger partial charge in [0.2, 0.25) is 0 Å². The maximum absolute atomic E-state index is 4.44. The fourth-order valence-electron chi connectivity index (χ4n) is 3.12. The molecular formula is C16H19N7S. The number of fused-ring (bicyclic) bond motifs is 1. The lowest BCUT2D eigenvalue weighted by Crippen LogP contribution is -2.35. The summed E-state index contributed by atoms with van der Waals surface area (Å²) in [6.07, 6.45) is 5.55. The van der Waals surface area contributed by atoms with E-state index in [1.165, 1.54) is 6.42 Å². The lowest BCUT2D eigenvalue weighted by molar-refractivity contribution is 0.689. The molecule has 1 aliphatic rings. The lowest BCUT2D eigenvalue weighted by atomic mass is 10.2. The van der Waals surface area contributed by atoms with Crippen LogP contribution < -0.4 is 15.5 Å². The largest absolute Gasteiger partial charge is 0.373 e. The standard InChI is InChI=1S/C16H19N7S/c1-17-13-7-14(21-10-20-13)23-5-2-3-11(23)8-18-16-15-12(4-6-24-15)19-9-22-16/h4,6-7,9-11H,2-3,5,8H2,1H3,(H,17,20,21)(H,18,19,22). The molecule has 3 aromatic heterocycles. The van der Waals surface area contributed by atoms with Crippen LogP contribution in [0.2, 0.25) is 0 Å². The number of rotatable bonds is 5. The van der Waals surface area contributed by atoms with Gasteiger partial charge in [0.15, 0.2) is 0 Å². The highest BCUT2D eigenvalue weighted by Gasteiger charge is 2.26. The zero-order valence-corrected chi connectivity index (χ0v) is 14.3. The number of hydrogen-bond donors (Lipinski definition) is 2. The predicted molar refractivity (Wildman–Crippen MR) is 97.9 cm³/mol. The molecule has 1 atom stereocenters. The topological polar surface area (TPSA) is 78.9 Å². The van der Waals surface area contributed by atoms with Crippen LogP contribution in [0.4, 0.5) is 17.5 Å². The van der Waals surface area contributed by atoms with Crippen LogP contribution in [0.3, 0.4) is 0 Å². The van der Waals surface area contributed by atoms with Crippen molar-refractivity contribution < 1.29 is 0 Å². The second-order valence-electron chi connectivity index (χ2n) is 5.74. The Morgan fingerprint density at radius 2 is 2.17 bits per heavy atom. The van der Waals surface area contributed by atoms with Gasteiger partial charge in [-0.1, -0.05) is 0 Å². The normalized spacial score (nSPS) is 17.4. The Morgan fingerprint density at radius 3 is 3.08 bits per heavy atom.